The monoisotopic (exact) mass is 303 g/mol. The number of amides is 1. The van der Waals surface area contributed by atoms with Gasteiger partial charge in [-0.15, -0.1) is 0 Å². The number of piperidine rings is 1. The standard InChI is InChI=1S/C16H21N3OS/c1-12-10-21-11-13(12)9-18-16(20)15-3-2-8-19(15)14-4-6-17-7-5-14/h2-3,8,10-11,14,17H,4-7,9H2,1H3,(H,18,20). The highest BCUT2D eigenvalue weighted by Crippen LogP contribution is 2.21. The molecule has 3 heterocycles. The van der Waals surface area contributed by atoms with E-state index in [1.165, 1.54) is 11.1 Å². The van der Waals surface area contributed by atoms with E-state index in [9.17, 15) is 4.79 Å². The summed E-state index contributed by atoms with van der Waals surface area (Å²) >= 11 is 1.68. The van der Waals surface area contributed by atoms with Gasteiger partial charge in [0.1, 0.15) is 5.69 Å². The molecular weight excluding hydrogens is 282 g/mol. The van der Waals surface area contributed by atoms with Crippen molar-refractivity contribution >= 4 is 17.2 Å². The molecule has 1 fully saturated rings. The number of carbonyl (C=O) groups excluding carboxylic acids is 1. The maximum atomic E-state index is 12.4. The van der Waals surface area contributed by atoms with Crippen LogP contribution in [0.1, 0.15) is 40.5 Å². The molecule has 0 saturated carbocycles. The van der Waals surface area contributed by atoms with Crippen LogP contribution in [-0.4, -0.2) is 23.6 Å². The van der Waals surface area contributed by atoms with Gasteiger partial charge in [-0.25, -0.2) is 0 Å². The third-order valence-corrected chi connectivity index (χ3v) is 5.02. The molecule has 0 unspecified atom stereocenters. The van der Waals surface area contributed by atoms with Crippen molar-refractivity contribution in [2.45, 2.75) is 32.4 Å². The Morgan fingerprint density at radius 1 is 1.43 bits per heavy atom. The van der Waals surface area contributed by atoms with Gasteiger partial charge < -0.3 is 15.2 Å². The van der Waals surface area contributed by atoms with Crippen LogP contribution >= 0.6 is 11.3 Å². The van der Waals surface area contributed by atoms with Crippen LogP contribution in [0.25, 0.3) is 0 Å². The normalized spacial score (nSPS) is 16.0. The fraction of sp³-hybridized carbons (Fsp3) is 0.438. The second-order valence-corrected chi connectivity index (χ2v) is 6.29. The van der Waals surface area contributed by atoms with Gasteiger partial charge in [0.15, 0.2) is 0 Å². The van der Waals surface area contributed by atoms with Gasteiger partial charge in [-0.3, -0.25) is 4.79 Å². The van der Waals surface area contributed by atoms with Crippen molar-refractivity contribution in [2.75, 3.05) is 13.1 Å². The van der Waals surface area contributed by atoms with Crippen LogP contribution in [0.15, 0.2) is 29.1 Å². The van der Waals surface area contributed by atoms with Crippen LogP contribution in [-0.2, 0) is 6.54 Å². The van der Waals surface area contributed by atoms with Crippen molar-refractivity contribution in [1.29, 1.82) is 0 Å². The van der Waals surface area contributed by atoms with Crippen molar-refractivity contribution in [3.63, 3.8) is 0 Å². The van der Waals surface area contributed by atoms with Crippen LogP contribution in [0.3, 0.4) is 0 Å². The summed E-state index contributed by atoms with van der Waals surface area (Å²) in [7, 11) is 0. The third kappa shape index (κ3) is 3.19. The Morgan fingerprint density at radius 3 is 2.95 bits per heavy atom. The lowest BCUT2D eigenvalue weighted by molar-refractivity contribution is 0.0938. The first-order valence-electron chi connectivity index (χ1n) is 7.43. The Bertz CT molecular complexity index is 611. The molecule has 1 aliphatic heterocycles. The topological polar surface area (TPSA) is 46.1 Å². The van der Waals surface area contributed by atoms with Crippen molar-refractivity contribution in [2.24, 2.45) is 0 Å². The van der Waals surface area contributed by atoms with E-state index in [2.05, 4.69) is 32.9 Å². The van der Waals surface area contributed by atoms with E-state index in [4.69, 9.17) is 0 Å². The van der Waals surface area contributed by atoms with Crippen molar-refractivity contribution < 1.29 is 4.79 Å². The summed E-state index contributed by atoms with van der Waals surface area (Å²) in [5, 5.41) is 10.6. The summed E-state index contributed by atoms with van der Waals surface area (Å²) in [6.07, 6.45) is 4.19. The molecule has 2 N–H and O–H groups in total. The Hall–Kier alpha value is -1.59. The maximum absolute atomic E-state index is 12.4. The van der Waals surface area contributed by atoms with E-state index < -0.39 is 0 Å². The highest BCUT2D eigenvalue weighted by atomic mass is 32.1. The second-order valence-electron chi connectivity index (χ2n) is 5.54. The largest absolute Gasteiger partial charge is 0.347 e. The predicted molar refractivity (Wildman–Crippen MR) is 85.8 cm³/mol. The molecule has 3 rings (SSSR count). The summed E-state index contributed by atoms with van der Waals surface area (Å²) < 4.78 is 2.14. The number of aryl methyl sites for hydroxylation is 1. The minimum absolute atomic E-state index is 0.0177. The van der Waals surface area contributed by atoms with Gasteiger partial charge in [-0.2, -0.15) is 11.3 Å². The molecule has 5 heteroatoms. The average Bonchev–Trinajstić information content (AvgIpc) is 3.15. The molecule has 0 aliphatic carbocycles. The molecule has 1 amide bonds. The highest BCUT2D eigenvalue weighted by Gasteiger charge is 2.19. The Balaban J connectivity index is 1.67. The van der Waals surface area contributed by atoms with Gasteiger partial charge in [-0.05, 0) is 66.9 Å². The number of carbonyl (C=O) groups is 1. The van der Waals surface area contributed by atoms with Crippen molar-refractivity contribution in [3.05, 3.63) is 45.9 Å². The lowest BCUT2D eigenvalue weighted by atomic mass is 10.1. The molecule has 2 aromatic heterocycles. The third-order valence-electron chi connectivity index (χ3n) is 4.11. The molecule has 0 radical (unpaired) electrons. The summed E-state index contributed by atoms with van der Waals surface area (Å²) in [5.41, 5.74) is 3.22. The molecule has 2 aromatic rings. The number of hydrogen-bond acceptors (Lipinski definition) is 3. The number of thiophene rings is 1. The van der Waals surface area contributed by atoms with Gasteiger partial charge >= 0.3 is 0 Å². The van der Waals surface area contributed by atoms with Gasteiger partial charge in [0.25, 0.3) is 5.91 Å². The first-order valence-corrected chi connectivity index (χ1v) is 8.37. The molecule has 0 spiro atoms. The second kappa shape index (κ2) is 6.45. The summed E-state index contributed by atoms with van der Waals surface area (Å²) in [6, 6.07) is 4.31. The molecule has 0 atom stereocenters. The molecule has 0 aromatic carbocycles. The fourth-order valence-electron chi connectivity index (χ4n) is 2.82. The minimum Gasteiger partial charge on any atom is -0.347 e. The van der Waals surface area contributed by atoms with Crippen LogP contribution in [0, 0.1) is 6.92 Å². The smallest absolute Gasteiger partial charge is 0.268 e. The van der Waals surface area contributed by atoms with Gasteiger partial charge in [0.2, 0.25) is 0 Å². The molecule has 21 heavy (non-hydrogen) atoms. The quantitative estimate of drug-likeness (QED) is 0.912. The minimum atomic E-state index is 0.0177. The van der Waals surface area contributed by atoms with Gasteiger partial charge in [-0.1, -0.05) is 0 Å². The van der Waals surface area contributed by atoms with Gasteiger partial charge in [0, 0.05) is 18.8 Å². The SMILES string of the molecule is Cc1cscc1CNC(=O)c1cccn1C1CCNCC1. The number of aromatic nitrogens is 1. The van der Waals surface area contributed by atoms with Crippen molar-refractivity contribution in [1.82, 2.24) is 15.2 Å². The molecular formula is C16H21N3OS. The average molecular weight is 303 g/mol. The lowest BCUT2D eigenvalue weighted by Gasteiger charge is -2.25. The summed E-state index contributed by atoms with van der Waals surface area (Å²) in [6.45, 7) is 4.73. The van der Waals surface area contributed by atoms with Crippen LogP contribution in [0.5, 0.6) is 0 Å². The first-order chi connectivity index (χ1) is 10.3. The molecule has 1 aliphatic rings. The number of nitrogens with zero attached hydrogens (tertiary/aromatic N) is 1. The zero-order valence-electron chi connectivity index (χ0n) is 12.3. The van der Waals surface area contributed by atoms with E-state index in [-0.39, 0.29) is 5.91 Å². The van der Waals surface area contributed by atoms with Crippen LogP contribution < -0.4 is 10.6 Å². The molecule has 1 saturated heterocycles. The Morgan fingerprint density at radius 2 is 2.24 bits per heavy atom. The number of rotatable bonds is 4. The van der Waals surface area contributed by atoms with E-state index in [0.29, 0.717) is 12.6 Å². The van der Waals surface area contributed by atoms with E-state index in [1.54, 1.807) is 11.3 Å². The molecule has 112 valence electrons. The predicted octanol–water partition coefficient (Wildman–Crippen LogP) is 2.71. The maximum Gasteiger partial charge on any atom is 0.268 e. The summed E-state index contributed by atoms with van der Waals surface area (Å²) in [5.74, 6) is 0.0177. The summed E-state index contributed by atoms with van der Waals surface area (Å²) in [4.78, 5) is 12.4. The Kier molecular flexibility index (Phi) is 4.41. The van der Waals surface area contributed by atoms with Crippen molar-refractivity contribution in [3.8, 4) is 0 Å². The zero-order chi connectivity index (χ0) is 14.7. The van der Waals surface area contributed by atoms with E-state index in [1.807, 2.05) is 18.3 Å². The van der Waals surface area contributed by atoms with E-state index in [0.717, 1.165) is 31.6 Å². The Labute approximate surface area is 129 Å². The van der Waals surface area contributed by atoms with E-state index >= 15 is 0 Å². The molecule has 0 bridgehead atoms. The highest BCUT2D eigenvalue weighted by molar-refractivity contribution is 7.08. The van der Waals surface area contributed by atoms with Crippen LogP contribution in [0.4, 0.5) is 0 Å². The zero-order valence-corrected chi connectivity index (χ0v) is 13.1. The lowest BCUT2D eigenvalue weighted by Crippen LogP contribution is -2.32. The number of hydrogen-bond donors (Lipinski definition) is 2. The first kappa shape index (κ1) is 14.4. The van der Waals surface area contributed by atoms with Gasteiger partial charge in [0.05, 0.1) is 0 Å². The number of nitrogens with one attached hydrogen (secondary N) is 2. The fourth-order valence-corrected chi connectivity index (χ4v) is 3.68. The van der Waals surface area contributed by atoms with Crippen LogP contribution in [0.2, 0.25) is 0 Å². The molecule has 4 nitrogen and oxygen atoms in total.